The van der Waals surface area contributed by atoms with E-state index in [-0.39, 0.29) is 5.91 Å². The highest BCUT2D eigenvalue weighted by atomic mass is 35.5. The predicted octanol–water partition coefficient (Wildman–Crippen LogP) is 4.88. The maximum atomic E-state index is 13.3. The Bertz CT molecular complexity index is 1190. The molecule has 2 N–H and O–H groups in total. The molecule has 0 saturated heterocycles. The molecule has 1 heterocycles. The minimum absolute atomic E-state index is 0.197. The maximum Gasteiger partial charge on any atom is 0.272 e. The molecular formula is C26H25ClN4OS2. The third kappa shape index (κ3) is 5.97. The number of fused-ring (bicyclic) bond motifs is 1. The number of thioether (sulfide) groups is 1. The normalized spacial score (nSPS) is 15.2. The van der Waals surface area contributed by atoms with E-state index in [9.17, 15) is 4.79 Å². The van der Waals surface area contributed by atoms with E-state index in [2.05, 4.69) is 22.8 Å². The zero-order valence-electron chi connectivity index (χ0n) is 18.7. The molecule has 5 nitrogen and oxygen atoms in total. The average molecular weight is 509 g/mol. The second kappa shape index (κ2) is 11.5. The SMILES string of the molecule is CN1C(=O)C(NC(=S)NCCSCc2ccccc2)N=C(c2ccccc2)c2cc(Cl)ccc21. The minimum Gasteiger partial charge on any atom is -0.362 e. The van der Waals surface area contributed by atoms with Gasteiger partial charge in [-0.05, 0) is 36.0 Å². The number of anilines is 1. The molecule has 174 valence electrons. The second-order valence-electron chi connectivity index (χ2n) is 7.74. The van der Waals surface area contributed by atoms with Gasteiger partial charge in [0.25, 0.3) is 5.91 Å². The zero-order valence-corrected chi connectivity index (χ0v) is 21.1. The maximum absolute atomic E-state index is 13.3. The van der Waals surface area contributed by atoms with Crippen LogP contribution in [0.2, 0.25) is 5.02 Å². The van der Waals surface area contributed by atoms with E-state index in [1.165, 1.54) is 5.56 Å². The highest BCUT2D eigenvalue weighted by Gasteiger charge is 2.30. The van der Waals surface area contributed by atoms with Crippen molar-refractivity contribution in [2.45, 2.75) is 11.9 Å². The molecule has 1 aliphatic rings. The van der Waals surface area contributed by atoms with Crippen molar-refractivity contribution in [3.63, 3.8) is 0 Å². The first-order chi connectivity index (χ1) is 16.5. The summed E-state index contributed by atoms with van der Waals surface area (Å²) < 4.78 is 0. The summed E-state index contributed by atoms with van der Waals surface area (Å²) in [5, 5.41) is 7.27. The van der Waals surface area contributed by atoms with Gasteiger partial charge in [-0.1, -0.05) is 72.3 Å². The molecule has 0 spiro atoms. The lowest BCUT2D eigenvalue weighted by Gasteiger charge is -2.22. The van der Waals surface area contributed by atoms with Gasteiger partial charge in [-0.15, -0.1) is 0 Å². The molecule has 0 saturated carbocycles. The highest BCUT2D eigenvalue weighted by molar-refractivity contribution is 7.98. The van der Waals surface area contributed by atoms with Crippen LogP contribution in [0.25, 0.3) is 0 Å². The van der Waals surface area contributed by atoms with Gasteiger partial charge in [-0.25, -0.2) is 4.99 Å². The Balaban J connectivity index is 1.46. The van der Waals surface area contributed by atoms with Crippen LogP contribution in [0.4, 0.5) is 5.69 Å². The van der Waals surface area contributed by atoms with E-state index in [0.717, 1.165) is 28.3 Å². The predicted molar refractivity (Wildman–Crippen MR) is 147 cm³/mol. The van der Waals surface area contributed by atoms with Crippen LogP contribution in [0, 0.1) is 0 Å². The van der Waals surface area contributed by atoms with Crippen molar-refractivity contribution >= 4 is 58.0 Å². The van der Waals surface area contributed by atoms with Crippen LogP contribution in [0.5, 0.6) is 0 Å². The van der Waals surface area contributed by atoms with Crippen molar-refractivity contribution < 1.29 is 4.79 Å². The topological polar surface area (TPSA) is 56.7 Å². The summed E-state index contributed by atoms with van der Waals surface area (Å²) in [5.41, 5.74) is 4.43. The number of likely N-dealkylation sites (N-methyl/N-ethyl adjacent to an activating group) is 1. The molecular weight excluding hydrogens is 484 g/mol. The van der Waals surface area contributed by atoms with Crippen LogP contribution in [0.1, 0.15) is 16.7 Å². The Morgan fingerprint density at radius 2 is 1.79 bits per heavy atom. The fraction of sp³-hybridized carbons (Fsp3) is 0.192. The summed E-state index contributed by atoms with van der Waals surface area (Å²) in [4.78, 5) is 19.7. The zero-order chi connectivity index (χ0) is 23.9. The van der Waals surface area contributed by atoms with E-state index in [4.69, 9.17) is 28.8 Å². The number of hydrogen-bond acceptors (Lipinski definition) is 4. The Morgan fingerprint density at radius 1 is 1.09 bits per heavy atom. The number of carbonyl (C=O) groups is 1. The first-order valence-electron chi connectivity index (χ1n) is 10.9. The molecule has 1 unspecified atom stereocenters. The van der Waals surface area contributed by atoms with Crippen LogP contribution in [-0.2, 0) is 10.5 Å². The van der Waals surface area contributed by atoms with E-state index in [1.807, 2.05) is 72.4 Å². The lowest BCUT2D eigenvalue weighted by atomic mass is 10.0. The summed E-state index contributed by atoms with van der Waals surface area (Å²) >= 11 is 13.6. The Morgan fingerprint density at radius 3 is 2.53 bits per heavy atom. The van der Waals surface area contributed by atoms with Crippen molar-refractivity contribution in [3.8, 4) is 0 Å². The number of amides is 1. The summed E-state index contributed by atoms with van der Waals surface area (Å²) in [6.07, 6.45) is -0.858. The van der Waals surface area contributed by atoms with Gasteiger partial charge < -0.3 is 15.5 Å². The van der Waals surface area contributed by atoms with Crippen LogP contribution in [0.15, 0.2) is 83.9 Å². The van der Waals surface area contributed by atoms with Crippen molar-refractivity contribution in [2.24, 2.45) is 4.99 Å². The number of nitrogens with one attached hydrogen (secondary N) is 2. The van der Waals surface area contributed by atoms with Gasteiger partial charge in [0.1, 0.15) is 0 Å². The molecule has 1 aliphatic heterocycles. The lowest BCUT2D eigenvalue weighted by Crippen LogP contribution is -2.49. The third-order valence-electron chi connectivity index (χ3n) is 5.36. The van der Waals surface area contributed by atoms with Crippen molar-refractivity contribution in [1.82, 2.24) is 10.6 Å². The number of thiocarbonyl (C=S) groups is 1. The summed E-state index contributed by atoms with van der Waals surface area (Å²) in [6.45, 7) is 0.686. The van der Waals surface area contributed by atoms with Crippen LogP contribution < -0.4 is 15.5 Å². The summed E-state index contributed by atoms with van der Waals surface area (Å²) in [7, 11) is 1.74. The smallest absolute Gasteiger partial charge is 0.272 e. The second-order valence-corrected chi connectivity index (χ2v) is 9.69. The fourth-order valence-electron chi connectivity index (χ4n) is 3.64. The number of benzodiazepines with no additional fused rings is 1. The van der Waals surface area contributed by atoms with Crippen molar-refractivity contribution in [1.29, 1.82) is 0 Å². The first kappa shape index (κ1) is 24.3. The highest BCUT2D eigenvalue weighted by Crippen LogP contribution is 2.29. The van der Waals surface area contributed by atoms with Crippen molar-refractivity contribution in [3.05, 3.63) is 101 Å². The average Bonchev–Trinajstić information content (AvgIpc) is 2.95. The number of carbonyl (C=O) groups excluding carboxylic acids is 1. The largest absolute Gasteiger partial charge is 0.362 e. The van der Waals surface area contributed by atoms with Crippen LogP contribution >= 0.6 is 35.6 Å². The van der Waals surface area contributed by atoms with E-state index in [1.54, 1.807) is 18.0 Å². The lowest BCUT2D eigenvalue weighted by molar-refractivity contribution is -0.119. The van der Waals surface area contributed by atoms with Crippen molar-refractivity contribution in [2.75, 3.05) is 24.2 Å². The minimum atomic E-state index is -0.858. The van der Waals surface area contributed by atoms with Crippen LogP contribution in [-0.4, -0.2) is 42.2 Å². The molecule has 4 rings (SSSR count). The quantitative estimate of drug-likeness (QED) is 0.352. The molecule has 3 aromatic rings. The molecule has 0 radical (unpaired) electrons. The molecule has 34 heavy (non-hydrogen) atoms. The third-order valence-corrected chi connectivity index (χ3v) is 6.88. The van der Waals surface area contributed by atoms with Gasteiger partial charge in [0.05, 0.1) is 11.4 Å². The Kier molecular flexibility index (Phi) is 8.21. The van der Waals surface area contributed by atoms with Crippen LogP contribution in [0.3, 0.4) is 0 Å². The van der Waals surface area contributed by atoms with Gasteiger partial charge in [-0.3, -0.25) is 4.79 Å². The standard InChI is InChI=1S/C26H25ClN4OS2/c1-31-22-13-12-20(27)16-21(22)23(19-10-6-3-7-11-19)29-24(25(31)32)30-26(33)28-14-15-34-17-18-8-4-2-5-9-18/h2-13,16,24H,14-15,17H2,1H3,(H2,28,30,33). The van der Waals surface area contributed by atoms with E-state index < -0.39 is 6.17 Å². The fourth-order valence-corrected chi connectivity index (χ4v) is 4.85. The monoisotopic (exact) mass is 508 g/mol. The van der Waals surface area contributed by atoms with Gasteiger partial charge in [0, 0.05) is 41.2 Å². The number of nitrogens with zero attached hydrogens (tertiary/aromatic N) is 2. The molecule has 3 aromatic carbocycles. The molecule has 0 bridgehead atoms. The molecule has 0 aliphatic carbocycles. The molecule has 0 fully saturated rings. The number of aliphatic imine (C=N–C) groups is 1. The Hall–Kier alpha value is -2.87. The number of hydrogen-bond donors (Lipinski definition) is 2. The summed E-state index contributed by atoms with van der Waals surface area (Å²) in [6, 6.07) is 25.6. The molecule has 1 amide bonds. The van der Waals surface area contributed by atoms with E-state index >= 15 is 0 Å². The number of benzene rings is 3. The van der Waals surface area contributed by atoms with E-state index in [0.29, 0.717) is 22.4 Å². The Labute approximate surface area is 214 Å². The molecule has 0 aromatic heterocycles. The summed E-state index contributed by atoms with van der Waals surface area (Å²) in [5.74, 6) is 1.63. The molecule has 1 atom stereocenters. The van der Waals surface area contributed by atoms with Gasteiger partial charge in [0.2, 0.25) is 6.17 Å². The first-order valence-corrected chi connectivity index (χ1v) is 12.8. The van der Waals surface area contributed by atoms with Gasteiger partial charge in [0.15, 0.2) is 5.11 Å². The van der Waals surface area contributed by atoms with Gasteiger partial charge in [-0.2, -0.15) is 11.8 Å². The number of rotatable bonds is 7. The molecule has 8 heteroatoms. The van der Waals surface area contributed by atoms with Gasteiger partial charge >= 0.3 is 0 Å². The number of halogens is 1.